The van der Waals surface area contributed by atoms with Crippen LogP contribution in [0.4, 0.5) is 0 Å². The van der Waals surface area contributed by atoms with E-state index in [9.17, 15) is 9.59 Å². The number of thiazole rings is 1. The zero-order chi connectivity index (χ0) is 18.5. The fourth-order valence-electron chi connectivity index (χ4n) is 2.37. The maximum Gasteiger partial charge on any atom is 0.338 e. The topological polar surface area (TPSA) is 65.5 Å². The molecule has 0 fully saturated rings. The molecule has 5 nitrogen and oxygen atoms in total. The molecule has 0 atom stereocenters. The summed E-state index contributed by atoms with van der Waals surface area (Å²) in [7, 11) is 1.30. The van der Waals surface area contributed by atoms with Gasteiger partial charge in [-0.15, -0.1) is 11.3 Å². The van der Waals surface area contributed by atoms with Gasteiger partial charge in [0.05, 0.1) is 28.8 Å². The Morgan fingerprint density at radius 3 is 2.38 bits per heavy atom. The van der Waals surface area contributed by atoms with Crippen molar-refractivity contribution < 1.29 is 19.1 Å². The largest absolute Gasteiger partial charge is 0.465 e. The first-order valence-corrected chi connectivity index (χ1v) is 8.77. The molecule has 0 saturated carbocycles. The Hall–Kier alpha value is -2.99. The van der Waals surface area contributed by atoms with Crippen LogP contribution in [0.5, 0.6) is 0 Å². The molecule has 0 aliphatic carbocycles. The predicted octanol–water partition coefficient (Wildman–Crippen LogP) is 4.26. The molecule has 0 saturated heterocycles. The molecule has 0 amide bonds. The number of rotatable bonds is 5. The van der Waals surface area contributed by atoms with E-state index in [2.05, 4.69) is 9.72 Å². The fourth-order valence-corrected chi connectivity index (χ4v) is 3.35. The number of esters is 2. The van der Waals surface area contributed by atoms with Crippen LogP contribution in [0, 0.1) is 6.92 Å². The number of aromatic nitrogens is 1. The van der Waals surface area contributed by atoms with Gasteiger partial charge in [-0.3, -0.25) is 0 Å². The van der Waals surface area contributed by atoms with E-state index in [1.165, 1.54) is 24.5 Å². The minimum atomic E-state index is -0.496. The van der Waals surface area contributed by atoms with Gasteiger partial charge >= 0.3 is 11.9 Å². The molecule has 0 spiro atoms. The minimum absolute atomic E-state index is 0.137. The number of carbonyl (C=O) groups is 2. The number of benzene rings is 2. The molecule has 0 aliphatic heterocycles. The molecule has 6 heteroatoms. The molecule has 0 radical (unpaired) electrons. The van der Waals surface area contributed by atoms with Crippen molar-refractivity contribution in [3.8, 4) is 10.6 Å². The maximum atomic E-state index is 12.3. The Morgan fingerprint density at radius 2 is 1.69 bits per heavy atom. The van der Waals surface area contributed by atoms with Crippen LogP contribution in [0.2, 0.25) is 0 Å². The highest BCUT2D eigenvalue weighted by Crippen LogP contribution is 2.28. The van der Waals surface area contributed by atoms with Crippen molar-refractivity contribution >= 4 is 23.3 Å². The molecule has 0 bridgehead atoms. The van der Waals surface area contributed by atoms with Gasteiger partial charge in [0.1, 0.15) is 11.6 Å². The highest BCUT2D eigenvalue weighted by atomic mass is 32.1. The van der Waals surface area contributed by atoms with Gasteiger partial charge in [-0.2, -0.15) is 0 Å². The molecular formula is C20H17NO4S. The predicted molar refractivity (Wildman–Crippen MR) is 99.2 cm³/mol. The Bertz CT molecular complexity index is 934. The molecule has 1 aromatic heterocycles. The monoisotopic (exact) mass is 367 g/mol. The van der Waals surface area contributed by atoms with E-state index in [-0.39, 0.29) is 6.61 Å². The van der Waals surface area contributed by atoms with Crippen molar-refractivity contribution in [2.24, 2.45) is 0 Å². The quantitative estimate of drug-likeness (QED) is 0.630. The molecule has 3 rings (SSSR count). The SMILES string of the molecule is COC(=O)c1cccc(C(=O)OCc2sc(-c3ccccc3)nc2C)c1. The van der Waals surface area contributed by atoms with E-state index in [0.717, 1.165) is 21.1 Å². The molecule has 0 aliphatic rings. The summed E-state index contributed by atoms with van der Waals surface area (Å²) in [6.07, 6.45) is 0. The highest BCUT2D eigenvalue weighted by Gasteiger charge is 2.14. The first-order chi connectivity index (χ1) is 12.6. The van der Waals surface area contributed by atoms with Crippen molar-refractivity contribution in [3.05, 3.63) is 76.3 Å². The summed E-state index contributed by atoms with van der Waals surface area (Å²) >= 11 is 1.50. The van der Waals surface area contributed by atoms with E-state index in [1.54, 1.807) is 18.2 Å². The number of aryl methyl sites for hydroxylation is 1. The Labute approximate surface area is 155 Å². The summed E-state index contributed by atoms with van der Waals surface area (Å²) in [4.78, 5) is 29.3. The van der Waals surface area contributed by atoms with Crippen molar-refractivity contribution in [2.45, 2.75) is 13.5 Å². The molecule has 132 valence electrons. The van der Waals surface area contributed by atoms with E-state index in [4.69, 9.17) is 4.74 Å². The molecule has 0 N–H and O–H groups in total. The van der Waals surface area contributed by atoms with E-state index in [0.29, 0.717) is 11.1 Å². The summed E-state index contributed by atoms with van der Waals surface area (Å²) in [6.45, 7) is 2.03. The van der Waals surface area contributed by atoms with Gasteiger partial charge in [0.15, 0.2) is 0 Å². The zero-order valence-corrected chi connectivity index (χ0v) is 15.2. The van der Waals surface area contributed by atoms with Gasteiger partial charge < -0.3 is 9.47 Å². The Balaban J connectivity index is 1.70. The van der Waals surface area contributed by atoms with Crippen LogP contribution >= 0.6 is 11.3 Å². The van der Waals surface area contributed by atoms with Gasteiger partial charge in [-0.05, 0) is 25.1 Å². The molecule has 1 heterocycles. The van der Waals surface area contributed by atoms with Gasteiger partial charge in [0, 0.05) is 5.56 Å². The van der Waals surface area contributed by atoms with Crippen molar-refractivity contribution in [3.63, 3.8) is 0 Å². The first-order valence-electron chi connectivity index (χ1n) is 7.95. The second-order valence-electron chi connectivity index (χ2n) is 5.54. The van der Waals surface area contributed by atoms with Crippen LogP contribution in [0.25, 0.3) is 10.6 Å². The van der Waals surface area contributed by atoms with Gasteiger partial charge in [-0.25, -0.2) is 14.6 Å². The normalized spacial score (nSPS) is 10.4. The highest BCUT2D eigenvalue weighted by molar-refractivity contribution is 7.15. The lowest BCUT2D eigenvalue weighted by Crippen LogP contribution is -2.08. The Kier molecular flexibility index (Phi) is 5.43. The van der Waals surface area contributed by atoms with Gasteiger partial charge in [0.25, 0.3) is 0 Å². The second kappa shape index (κ2) is 7.93. The number of nitrogens with zero attached hydrogens (tertiary/aromatic N) is 1. The number of ether oxygens (including phenoxy) is 2. The minimum Gasteiger partial charge on any atom is -0.465 e. The summed E-state index contributed by atoms with van der Waals surface area (Å²) in [5.74, 6) is -0.990. The molecule has 26 heavy (non-hydrogen) atoms. The lowest BCUT2D eigenvalue weighted by molar-refractivity contribution is 0.0476. The summed E-state index contributed by atoms with van der Waals surface area (Å²) in [5.41, 5.74) is 2.48. The van der Waals surface area contributed by atoms with E-state index < -0.39 is 11.9 Å². The van der Waals surface area contributed by atoms with Crippen LogP contribution in [-0.2, 0) is 16.1 Å². The van der Waals surface area contributed by atoms with Crippen LogP contribution in [0.3, 0.4) is 0 Å². The van der Waals surface area contributed by atoms with Crippen LogP contribution < -0.4 is 0 Å². The van der Waals surface area contributed by atoms with E-state index >= 15 is 0 Å². The average molecular weight is 367 g/mol. The third-order valence-corrected chi connectivity index (χ3v) is 4.95. The summed E-state index contributed by atoms with van der Waals surface area (Å²) < 4.78 is 10.1. The number of hydrogen-bond acceptors (Lipinski definition) is 6. The standard InChI is InChI=1S/C20H17NO4S/c1-13-17(26-18(21-13)14-7-4-3-5-8-14)12-25-20(23)16-10-6-9-15(11-16)19(22)24-2/h3-11H,12H2,1-2H3. The number of hydrogen-bond donors (Lipinski definition) is 0. The lowest BCUT2D eigenvalue weighted by Gasteiger charge is -2.05. The summed E-state index contributed by atoms with van der Waals surface area (Å²) in [6, 6.07) is 16.1. The van der Waals surface area contributed by atoms with Crippen LogP contribution in [0.15, 0.2) is 54.6 Å². The van der Waals surface area contributed by atoms with E-state index in [1.807, 2.05) is 37.3 Å². The van der Waals surface area contributed by atoms with Gasteiger partial charge in [-0.1, -0.05) is 36.4 Å². The van der Waals surface area contributed by atoms with Crippen LogP contribution in [-0.4, -0.2) is 24.0 Å². The van der Waals surface area contributed by atoms with Gasteiger partial charge in [0.2, 0.25) is 0 Å². The summed E-state index contributed by atoms with van der Waals surface area (Å²) in [5, 5.41) is 0.891. The lowest BCUT2D eigenvalue weighted by atomic mass is 10.1. The third kappa shape index (κ3) is 3.97. The zero-order valence-electron chi connectivity index (χ0n) is 14.4. The maximum absolute atomic E-state index is 12.3. The second-order valence-corrected chi connectivity index (χ2v) is 6.63. The molecule has 0 unspecified atom stereocenters. The fraction of sp³-hybridized carbons (Fsp3) is 0.150. The Morgan fingerprint density at radius 1 is 1.00 bits per heavy atom. The molecule has 2 aromatic carbocycles. The molecule has 3 aromatic rings. The van der Waals surface area contributed by atoms with Crippen molar-refractivity contribution in [1.82, 2.24) is 4.98 Å². The van der Waals surface area contributed by atoms with Crippen molar-refractivity contribution in [1.29, 1.82) is 0 Å². The number of carbonyl (C=O) groups excluding carboxylic acids is 2. The molecular weight excluding hydrogens is 350 g/mol. The van der Waals surface area contributed by atoms with Crippen LogP contribution in [0.1, 0.15) is 31.3 Å². The number of methoxy groups -OCH3 is 1. The smallest absolute Gasteiger partial charge is 0.338 e. The van der Waals surface area contributed by atoms with Crippen molar-refractivity contribution in [2.75, 3.05) is 7.11 Å². The average Bonchev–Trinajstić information content (AvgIpc) is 3.07. The third-order valence-electron chi connectivity index (χ3n) is 3.77. The first kappa shape index (κ1) is 17.8.